The molecule has 2 nitrogen and oxygen atoms in total. The third-order valence-corrected chi connectivity index (χ3v) is 2.46. The Balaban J connectivity index is 3.03. The van der Waals surface area contributed by atoms with Crippen LogP contribution in [0, 0.1) is 0 Å². The number of rotatable bonds is 4. The third-order valence-electron chi connectivity index (χ3n) is 1.83. The summed E-state index contributed by atoms with van der Waals surface area (Å²) in [5.74, 6) is 0.625. The maximum atomic E-state index is 11.7. The van der Waals surface area contributed by atoms with Crippen LogP contribution >= 0.6 is 27.5 Å². The fourth-order valence-electron chi connectivity index (χ4n) is 1.18. The van der Waals surface area contributed by atoms with Gasteiger partial charge in [-0.15, -0.1) is 0 Å². The van der Waals surface area contributed by atoms with Crippen LogP contribution in [0.1, 0.15) is 24.2 Å². The van der Waals surface area contributed by atoms with Crippen LogP contribution in [0.25, 0.3) is 0 Å². The number of halogens is 2. The van der Waals surface area contributed by atoms with E-state index < -0.39 is 0 Å². The monoisotopic (exact) mass is 290 g/mol. The number of ketones is 1. The Labute approximate surface area is 103 Å². The average molecular weight is 292 g/mol. The summed E-state index contributed by atoms with van der Waals surface area (Å²) in [7, 11) is 0. The molecule has 0 saturated carbocycles. The number of Topliss-reactive ketones (excluding diaryl/α,β-unsaturated/α-hetero) is 1. The smallest absolute Gasteiger partial charge is 0.176 e. The predicted molar refractivity (Wildman–Crippen MR) is 65.3 cm³/mol. The lowest BCUT2D eigenvalue weighted by Crippen LogP contribution is -2.10. The van der Waals surface area contributed by atoms with Gasteiger partial charge in [0, 0.05) is 10.6 Å². The molecule has 0 aliphatic carbocycles. The number of alkyl halides is 1. The topological polar surface area (TPSA) is 26.3 Å². The molecule has 0 heterocycles. The van der Waals surface area contributed by atoms with E-state index in [1.807, 2.05) is 6.92 Å². The normalized spacial score (nSPS) is 12.3. The van der Waals surface area contributed by atoms with Gasteiger partial charge in [-0.05, 0) is 32.0 Å². The van der Waals surface area contributed by atoms with Crippen LogP contribution in [0.2, 0.25) is 5.02 Å². The number of hydrogen-bond donors (Lipinski definition) is 0. The minimum absolute atomic E-state index is 0.00143. The van der Waals surface area contributed by atoms with E-state index in [0.29, 0.717) is 22.9 Å². The lowest BCUT2D eigenvalue weighted by Gasteiger charge is -2.07. The summed E-state index contributed by atoms with van der Waals surface area (Å²) in [6.45, 7) is 4.22. The summed E-state index contributed by atoms with van der Waals surface area (Å²) < 4.78 is 5.31. The Morgan fingerprint density at radius 2 is 2.20 bits per heavy atom. The van der Waals surface area contributed by atoms with Crippen molar-refractivity contribution >= 4 is 33.3 Å². The molecule has 82 valence electrons. The minimum atomic E-state index is -0.217. The first-order valence-corrected chi connectivity index (χ1v) is 5.95. The molecule has 0 fully saturated rings. The predicted octanol–water partition coefficient (Wildman–Crippen LogP) is 3.70. The van der Waals surface area contributed by atoms with Gasteiger partial charge in [0.1, 0.15) is 5.75 Å². The lowest BCUT2D eigenvalue weighted by atomic mass is 10.1. The molecule has 1 unspecified atom stereocenters. The average Bonchev–Trinajstić information content (AvgIpc) is 2.16. The molecular formula is C11H12BrClO2. The van der Waals surface area contributed by atoms with Crippen molar-refractivity contribution in [3.05, 3.63) is 28.8 Å². The van der Waals surface area contributed by atoms with Gasteiger partial charge < -0.3 is 4.74 Å². The van der Waals surface area contributed by atoms with Gasteiger partial charge in [-0.3, -0.25) is 4.79 Å². The van der Waals surface area contributed by atoms with Gasteiger partial charge in [0.05, 0.1) is 11.4 Å². The fraction of sp³-hybridized carbons (Fsp3) is 0.364. The van der Waals surface area contributed by atoms with Gasteiger partial charge in [-0.1, -0.05) is 27.5 Å². The largest absolute Gasteiger partial charge is 0.494 e. The molecule has 15 heavy (non-hydrogen) atoms. The molecule has 0 N–H and O–H groups in total. The highest BCUT2D eigenvalue weighted by Gasteiger charge is 2.13. The molecule has 4 heteroatoms. The first-order valence-electron chi connectivity index (χ1n) is 4.66. The van der Waals surface area contributed by atoms with E-state index in [2.05, 4.69) is 15.9 Å². The van der Waals surface area contributed by atoms with Crippen molar-refractivity contribution in [1.82, 2.24) is 0 Å². The van der Waals surface area contributed by atoms with Crippen LogP contribution in [-0.2, 0) is 0 Å². The van der Waals surface area contributed by atoms with Crippen molar-refractivity contribution in [3.63, 3.8) is 0 Å². The van der Waals surface area contributed by atoms with Gasteiger partial charge in [-0.25, -0.2) is 0 Å². The van der Waals surface area contributed by atoms with Crippen LogP contribution in [0.4, 0.5) is 0 Å². The molecule has 1 aromatic rings. The van der Waals surface area contributed by atoms with E-state index in [1.54, 1.807) is 25.1 Å². The Kier molecular flexibility index (Phi) is 4.61. The summed E-state index contributed by atoms with van der Waals surface area (Å²) in [4.78, 5) is 11.5. The Bertz CT molecular complexity index is 364. The third kappa shape index (κ3) is 3.50. The molecule has 0 saturated heterocycles. The Morgan fingerprint density at radius 3 is 2.73 bits per heavy atom. The van der Waals surface area contributed by atoms with Crippen molar-refractivity contribution in [2.75, 3.05) is 6.61 Å². The van der Waals surface area contributed by atoms with E-state index >= 15 is 0 Å². The summed E-state index contributed by atoms with van der Waals surface area (Å²) in [6.07, 6.45) is 0. The van der Waals surface area contributed by atoms with Crippen LogP contribution in [0.3, 0.4) is 0 Å². The zero-order valence-corrected chi connectivity index (χ0v) is 10.9. The summed E-state index contributed by atoms with van der Waals surface area (Å²) in [5, 5.41) is 0.512. The molecule has 0 aromatic heterocycles. The van der Waals surface area contributed by atoms with E-state index in [0.717, 1.165) is 0 Å². The number of ether oxygens (including phenoxy) is 1. The number of carbonyl (C=O) groups is 1. The van der Waals surface area contributed by atoms with Gasteiger partial charge >= 0.3 is 0 Å². The van der Waals surface area contributed by atoms with Gasteiger partial charge in [0.15, 0.2) is 5.78 Å². The second kappa shape index (κ2) is 5.52. The lowest BCUT2D eigenvalue weighted by molar-refractivity contribution is 0.0995. The first kappa shape index (κ1) is 12.5. The first-order chi connectivity index (χ1) is 7.04. The fourth-order valence-corrected chi connectivity index (χ4v) is 1.67. The summed E-state index contributed by atoms with van der Waals surface area (Å²) in [6, 6.07) is 5.04. The summed E-state index contributed by atoms with van der Waals surface area (Å²) >= 11 is 9.12. The maximum absolute atomic E-state index is 11.7. The molecule has 0 aliphatic rings. The Hall–Kier alpha value is -0.540. The van der Waals surface area contributed by atoms with Crippen LogP contribution < -0.4 is 4.74 Å². The van der Waals surface area contributed by atoms with Crippen molar-refractivity contribution in [3.8, 4) is 5.75 Å². The maximum Gasteiger partial charge on any atom is 0.176 e. The van der Waals surface area contributed by atoms with Crippen LogP contribution in [0.5, 0.6) is 5.75 Å². The number of benzene rings is 1. The second-order valence-corrected chi connectivity index (χ2v) is 4.90. The zero-order valence-electron chi connectivity index (χ0n) is 8.59. The van der Waals surface area contributed by atoms with E-state index in [4.69, 9.17) is 16.3 Å². The van der Waals surface area contributed by atoms with Crippen LogP contribution in [0.15, 0.2) is 18.2 Å². The van der Waals surface area contributed by atoms with Crippen molar-refractivity contribution < 1.29 is 9.53 Å². The van der Waals surface area contributed by atoms with Crippen molar-refractivity contribution in [2.45, 2.75) is 18.7 Å². The highest BCUT2D eigenvalue weighted by molar-refractivity contribution is 9.10. The van der Waals surface area contributed by atoms with E-state index in [1.165, 1.54) is 0 Å². The van der Waals surface area contributed by atoms with E-state index in [-0.39, 0.29) is 10.6 Å². The molecule has 0 bridgehead atoms. The summed E-state index contributed by atoms with van der Waals surface area (Å²) in [5.41, 5.74) is 0.565. The second-order valence-electron chi connectivity index (χ2n) is 3.09. The highest BCUT2D eigenvalue weighted by atomic mass is 79.9. The van der Waals surface area contributed by atoms with Gasteiger partial charge in [0.2, 0.25) is 0 Å². The molecule has 1 rings (SSSR count). The molecule has 1 aromatic carbocycles. The SMILES string of the molecule is CCOc1cc(Cl)cc(C(=O)C(C)Br)c1. The standard InChI is InChI=1S/C11H12BrClO2/c1-3-15-10-5-8(4-9(13)6-10)11(14)7(2)12/h4-7H,3H2,1-2H3. The molecule has 0 spiro atoms. The minimum Gasteiger partial charge on any atom is -0.494 e. The quantitative estimate of drug-likeness (QED) is 0.624. The van der Waals surface area contributed by atoms with Gasteiger partial charge in [0.25, 0.3) is 0 Å². The highest BCUT2D eigenvalue weighted by Crippen LogP contribution is 2.23. The Morgan fingerprint density at radius 1 is 1.53 bits per heavy atom. The molecular weight excluding hydrogens is 279 g/mol. The van der Waals surface area contributed by atoms with Gasteiger partial charge in [-0.2, -0.15) is 0 Å². The van der Waals surface area contributed by atoms with Crippen molar-refractivity contribution in [2.24, 2.45) is 0 Å². The van der Waals surface area contributed by atoms with E-state index in [9.17, 15) is 4.79 Å². The zero-order chi connectivity index (χ0) is 11.4. The molecule has 0 amide bonds. The van der Waals surface area contributed by atoms with Crippen LogP contribution in [-0.4, -0.2) is 17.2 Å². The van der Waals surface area contributed by atoms with Crippen molar-refractivity contribution in [1.29, 1.82) is 0 Å². The number of hydrogen-bond acceptors (Lipinski definition) is 2. The molecule has 1 atom stereocenters. The molecule has 0 radical (unpaired) electrons. The number of carbonyl (C=O) groups excluding carboxylic acids is 1. The molecule has 0 aliphatic heterocycles.